The molecular formula is C26H32FN3O4S. The molecule has 0 heterocycles. The van der Waals surface area contributed by atoms with Crippen molar-refractivity contribution in [3.8, 4) is 0 Å². The van der Waals surface area contributed by atoms with Gasteiger partial charge in [-0.1, -0.05) is 25.0 Å². The first-order valence-electron chi connectivity index (χ1n) is 11.7. The molecule has 3 rings (SSSR count). The summed E-state index contributed by atoms with van der Waals surface area (Å²) in [5.41, 5.74) is 2.76. The average Bonchev–Trinajstić information content (AvgIpc) is 3.31. The molecule has 1 fully saturated rings. The van der Waals surface area contributed by atoms with E-state index in [1.165, 1.54) is 29.2 Å². The molecule has 35 heavy (non-hydrogen) atoms. The summed E-state index contributed by atoms with van der Waals surface area (Å²) < 4.78 is 25.8. The second-order valence-electron chi connectivity index (χ2n) is 8.93. The van der Waals surface area contributed by atoms with Crippen molar-refractivity contribution in [2.45, 2.75) is 58.5 Å². The van der Waals surface area contributed by atoms with Crippen LogP contribution in [-0.2, 0) is 25.2 Å². The number of carbonyl (C=O) groups is 3. The molecule has 0 aromatic heterocycles. The Morgan fingerprint density at radius 2 is 1.71 bits per heavy atom. The predicted molar refractivity (Wildman–Crippen MR) is 136 cm³/mol. The maximum absolute atomic E-state index is 13.4. The van der Waals surface area contributed by atoms with Gasteiger partial charge in [0.05, 0.1) is 0 Å². The van der Waals surface area contributed by atoms with Gasteiger partial charge in [0, 0.05) is 28.2 Å². The number of hydrogen-bond donors (Lipinski definition) is 2. The number of aryl methyl sites for hydroxylation is 1. The molecule has 2 atom stereocenters. The van der Waals surface area contributed by atoms with E-state index in [0.29, 0.717) is 11.4 Å². The summed E-state index contributed by atoms with van der Waals surface area (Å²) >= 11 is 0. The van der Waals surface area contributed by atoms with Crippen LogP contribution in [0.4, 0.5) is 15.8 Å². The Balaban J connectivity index is 1.72. The first kappa shape index (κ1) is 26.5. The van der Waals surface area contributed by atoms with Crippen LogP contribution in [0.25, 0.3) is 0 Å². The number of nitrogens with one attached hydrogen (secondary N) is 2. The monoisotopic (exact) mass is 501 g/mol. The molecule has 0 aliphatic heterocycles. The quantitative estimate of drug-likeness (QED) is 0.549. The van der Waals surface area contributed by atoms with Crippen LogP contribution in [0, 0.1) is 19.7 Å². The van der Waals surface area contributed by atoms with Crippen molar-refractivity contribution < 1.29 is 23.0 Å². The van der Waals surface area contributed by atoms with Crippen LogP contribution in [0.1, 0.15) is 43.7 Å². The predicted octanol–water partition coefficient (Wildman–Crippen LogP) is 3.61. The zero-order valence-electron chi connectivity index (χ0n) is 20.3. The van der Waals surface area contributed by atoms with Gasteiger partial charge in [-0.05, 0) is 75.1 Å². The van der Waals surface area contributed by atoms with E-state index >= 15 is 0 Å². The lowest BCUT2D eigenvalue weighted by atomic mass is 10.1. The molecule has 0 spiro atoms. The van der Waals surface area contributed by atoms with E-state index in [-0.39, 0.29) is 11.9 Å². The number of rotatable bonds is 9. The Morgan fingerprint density at radius 3 is 2.37 bits per heavy atom. The fourth-order valence-corrected chi connectivity index (χ4v) is 5.08. The lowest BCUT2D eigenvalue weighted by Gasteiger charge is -2.31. The van der Waals surface area contributed by atoms with E-state index in [2.05, 4.69) is 10.6 Å². The number of carbonyl (C=O) groups excluding carboxylic acids is 3. The lowest BCUT2D eigenvalue weighted by molar-refractivity contribution is -0.125. The van der Waals surface area contributed by atoms with E-state index in [0.717, 1.165) is 36.8 Å². The SMILES string of the molecule is Cc1cccc(N(C(=O)C[S@@](=O)CC(=O)Nc2ccc(F)cc2)[C@@H](C)C(=O)NC2CCCC2)c1C. The highest BCUT2D eigenvalue weighted by molar-refractivity contribution is 7.86. The molecule has 0 saturated heterocycles. The summed E-state index contributed by atoms with van der Waals surface area (Å²) in [7, 11) is -1.81. The van der Waals surface area contributed by atoms with Gasteiger partial charge >= 0.3 is 0 Å². The average molecular weight is 502 g/mol. The molecule has 9 heteroatoms. The summed E-state index contributed by atoms with van der Waals surface area (Å²) in [5, 5.41) is 5.58. The number of anilines is 2. The van der Waals surface area contributed by atoms with Gasteiger partial charge in [-0.3, -0.25) is 23.5 Å². The van der Waals surface area contributed by atoms with Gasteiger partial charge < -0.3 is 10.6 Å². The molecule has 1 saturated carbocycles. The maximum Gasteiger partial charge on any atom is 0.243 e. The van der Waals surface area contributed by atoms with E-state index in [1.807, 2.05) is 26.0 Å². The minimum atomic E-state index is -1.81. The fourth-order valence-electron chi connectivity index (χ4n) is 4.20. The topological polar surface area (TPSA) is 95.6 Å². The van der Waals surface area contributed by atoms with Gasteiger partial charge in [0.15, 0.2) is 0 Å². The standard InChI is InChI=1S/C26H32FN3O4S/c1-17-7-6-10-23(18(17)2)30(19(3)26(33)29-21-8-4-5-9-21)25(32)16-35(34)15-24(31)28-22-13-11-20(27)12-14-22/h6-7,10-14,19,21H,4-5,8-9,15-16H2,1-3H3,(H,28,31)(H,29,33)/t19-,35-/m0/s1. The molecule has 188 valence electrons. The first-order chi connectivity index (χ1) is 16.7. The Labute approximate surface area is 207 Å². The molecule has 1 aliphatic rings. The summed E-state index contributed by atoms with van der Waals surface area (Å²) in [5.74, 6) is -2.55. The molecule has 3 amide bonds. The fraction of sp³-hybridized carbons (Fsp3) is 0.423. The van der Waals surface area contributed by atoms with E-state index in [1.54, 1.807) is 13.0 Å². The van der Waals surface area contributed by atoms with Crippen LogP contribution in [0.5, 0.6) is 0 Å². The van der Waals surface area contributed by atoms with Crippen LogP contribution in [0.3, 0.4) is 0 Å². The molecule has 0 bridgehead atoms. The van der Waals surface area contributed by atoms with Crippen LogP contribution in [0.2, 0.25) is 0 Å². The van der Waals surface area contributed by atoms with Crippen LogP contribution in [0.15, 0.2) is 42.5 Å². The minimum Gasteiger partial charge on any atom is -0.352 e. The molecule has 0 unspecified atom stereocenters. The van der Waals surface area contributed by atoms with Crippen molar-refractivity contribution in [3.05, 3.63) is 59.4 Å². The smallest absolute Gasteiger partial charge is 0.243 e. The molecule has 0 radical (unpaired) electrons. The van der Waals surface area contributed by atoms with Gasteiger partial charge in [-0.25, -0.2) is 4.39 Å². The van der Waals surface area contributed by atoms with Gasteiger partial charge in [0.2, 0.25) is 17.7 Å². The zero-order valence-corrected chi connectivity index (χ0v) is 21.1. The Bertz CT molecular complexity index is 1100. The number of hydrogen-bond acceptors (Lipinski definition) is 4. The van der Waals surface area contributed by atoms with Crippen molar-refractivity contribution in [1.82, 2.24) is 5.32 Å². The second-order valence-corrected chi connectivity index (χ2v) is 10.4. The first-order valence-corrected chi connectivity index (χ1v) is 13.2. The maximum atomic E-state index is 13.4. The number of benzene rings is 2. The molecule has 7 nitrogen and oxygen atoms in total. The molecular weight excluding hydrogens is 469 g/mol. The van der Waals surface area contributed by atoms with E-state index < -0.39 is 46.0 Å². The van der Waals surface area contributed by atoms with E-state index in [9.17, 15) is 23.0 Å². The van der Waals surface area contributed by atoms with Crippen molar-refractivity contribution in [3.63, 3.8) is 0 Å². The highest BCUT2D eigenvalue weighted by atomic mass is 32.2. The Hall–Kier alpha value is -3.07. The number of nitrogens with zero attached hydrogens (tertiary/aromatic N) is 1. The normalized spacial score (nSPS) is 15.3. The Kier molecular flexibility index (Phi) is 9.14. The third-order valence-corrected chi connectivity index (χ3v) is 7.43. The van der Waals surface area contributed by atoms with Crippen LogP contribution < -0.4 is 15.5 Å². The minimum absolute atomic E-state index is 0.102. The zero-order chi connectivity index (χ0) is 25.5. The Morgan fingerprint density at radius 1 is 1.06 bits per heavy atom. The van der Waals surface area contributed by atoms with Crippen molar-refractivity contribution in [2.24, 2.45) is 0 Å². The summed E-state index contributed by atoms with van der Waals surface area (Å²) in [6, 6.07) is 9.99. The number of halogens is 1. The largest absolute Gasteiger partial charge is 0.352 e. The van der Waals surface area contributed by atoms with E-state index in [4.69, 9.17) is 0 Å². The second kappa shape index (κ2) is 12.1. The van der Waals surface area contributed by atoms with Crippen LogP contribution in [-0.4, -0.2) is 45.5 Å². The highest BCUT2D eigenvalue weighted by Crippen LogP contribution is 2.26. The summed E-state index contributed by atoms with van der Waals surface area (Å²) in [6.07, 6.45) is 3.97. The molecule has 2 aromatic carbocycles. The van der Waals surface area contributed by atoms with Crippen LogP contribution >= 0.6 is 0 Å². The highest BCUT2D eigenvalue weighted by Gasteiger charge is 2.31. The van der Waals surface area contributed by atoms with Gasteiger partial charge in [-0.2, -0.15) is 0 Å². The molecule has 2 aromatic rings. The third kappa shape index (κ3) is 7.21. The lowest BCUT2D eigenvalue weighted by Crippen LogP contribution is -2.51. The number of amides is 3. The van der Waals surface area contributed by atoms with Crippen molar-refractivity contribution in [2.75, 3.05) is 21.7 Å². The van der Waals surface area contributed by atoms with Gasteiger partial charge in [-0.15, -0.1) is 0 Å². The summed E-state index contributed by atoms with van der Waals surface area (Å²) in [6.45, 7) is 5.45. The van der Waals surface area contributed by atoms with Gasteiger partial charge in [0.1, 0.15) is 23.4 Å². The molecule has 1 aliphatic carbocycles. The van der Waals surface area contributed by atoms with Gasteiger partial charge in [0.25, 0.3) is 0 Å². The summed E-state index contributed by atoms with van der Waals surface area (Å²) in [4.78, 5) is 40.1. The van der Waals surface area contributed by atoms with Crippen molar-refractivity contribution >= 4 is 39.9 Å². The van der Waals surface area contributed by atoms with Crippen molar-refractivity contribution in [1.29, 1.82) is 0 Å². The third-order valence-electron chi connectivity index (χ3n) is 6.28. The molecule has 2 N–H and O–H groups in total.